The number of aryl methyl sites for hydroxylation is 1. The summed E-state index contributed by atoms with van der Waals surface area (Å²) in [5, 5.41) is 3.22. The minimum Gasteiger partial charge on any atom is -0.383 e. The lowest BCUT2D eigenvalue weighted by molar-refractivity contribution is 0.669. The van der Waals surface area contributed by atoms with Gasteiger partial charge in [-0.2, -0.15) is 0 Å². The first-order valence-electron chi connectivity index (χ1n) is 5.75. The SMILES string of the molecule is Cc1cccc(NCCn2ccc(=O)[nH]c2=O)c1. The van der Waals surface area contributed by atoms with E-state index >= 15 is 0 Å². The first kappa shape index (κ1) is 12.2. The maximum atomic E-state index is 11.4. The van der Waals surface area contributed by atoms with Crippen molar-refractivity contribution in [2.45, 2.75) is 13.5 Å². The summed E-state index contributed by atoms with van der Waals surface area (Å²) in [5.74, 6) is 0. The first-order chi connectivity index (χ1) is 8.65. The van der Waals surface area contributed by atoms with Crippen molar-refractivity contribution in [2.75, 3.05) is 11.9 Å². The molecule has 0 saturated heterocycles. The third-order valence-corrected chi connectivity index (χ3v) is 2.60. The highest BCUT2D eigenvalue weighted by Gasteiger charge is 1.96. The zero-order valence-electron chi connectivity index (χ0n) is 10.1. The maximum absolute atomic E-state index is 11.4. The van der Waals surface area contributed by atoms with Gasteiger partial charge in [-0.05, 0) is 24.6 Å². The van der Waals surface area contributed by atoms with Crippen LogP contribution in [0.4, 0.5) is 5.69 Å². The minimum atomic E-state index is -0.381. The van der Waals surface area contributed by atoms with Gasteiger partial charge in [-0.1, -0.05) is 12.1 Å². The first-order valence-corrected chi connectivity index (χ1v) is 5.75. The second-order valence-corrected chi connectivity index (χ2v) is 4.10. The van der Waals surface area contributed by atoms with Crippen LogP contribution in [0.2, 0.25) is 0 Å². The predicted molar refractivity (Wildman–Crippen MR) is 71.0 cm³/mol. The van der Waals surface area contributed by atoms with Gasteiger partial charge in [-0.3, -0.25) is 14.3 Å². The Hall–Kier alpha value is -2.30. The summed E-state index contributed by atoms with van der Waals surface area (Å²) < 4.78 is 1.46. The summed E-state index contributed by atoms with van der Waals surface area (Å²) in [5.41, 5.74) is 1.45. The number of hydrogen-bond acceptors (Lipinski definition) is 3. The number of nitrogens with zero attached hydrogens (tertiary/aromatic N) is 1. The quantitative estimate of drug-likeness (QED) is 0.843. The van der Waals surface area contributed by atoms with Crippen LogP contribution in [0.1, 0.15) is 5.56 Å². The molecule has 5 nitrogen and oxygen atoms in total. The van der Waals surface area contributed by atoms with Crippen LogP contribution in [0.25, 0.3) is 0 Å². The molecule has 0 unspecified atom stereocenters. The molecule has 5 heteroatoms. The molecule has 0 aliphatic carbocycles. The Balaban J connectivity index is 1.96. The molecule has 0 aliphatic rings. The van der Waals surface area contributed by atoms with Crippen molar-refractivity contribution in [1.82, 2.24) is 9.55 Å². The molecule has 2 rings (SSSR count). The third-order valence-electron chi connectivity index (χ3n) is 2.60. The number of rotatable bonds is 4. The van der Waals surface area contributed by atoms with Gasteiger partial charge in [0.1, 0.15) is 0 Å². The molecule has 2 aromatic rings. The van der Waals surface area contributed by atoms with Crippen molar-refractivity contribution in [2.24, 2.45) is 0 Å². The smallest absolute Gasteiger partial charge is 0.328 e. The van der Waals surface area contributed by atoms with Crippen molar-refractivity contribution in [1.29, 1.82) is 0 Å². The van der Waals surface area contributed by atoms with Crippen LogP contribution in [0, 0.1) is 6.92 Å². The fraction of sp³-hybridized carbons (Fsp3) is 0.231. The van der Waals surface area contributed by atoms with Crippen molar-refractivity contribution in [3.63, 3.8) is 0 Å². The fourth-order valence-electron chi connectivity index (χ4n) is 1.70. The highest BCUT2D eigenvalue weighted by Crippen LogP contribution is 2.08. The second-order valence-electron chi connectivity index (χ2n) is 4.10. The summed E-state index contributed by atoms with van der Waals surface area (Å²) in [6.45, 7) is 3.15. The van der Waals surface area contributed by atoms with E-state index in [1.165, 1.54) is 22.4 Å². The molecule has 94 valence electrons. The fourth-order valence-corrected chi connectivity index (χ4v) is 1.70. The van der Waals surface area contributed by atoms with Gasteiger partial charge >= 0.3 is 5.69 Å². The van der Waals surface area contributed by atoms with E-state index in [0.717, 1.165) is 5.69 Å². The molecule has 2 N–H and O–H groups in total. The lowest BCUT2D eigenvalue weighted by Gasteiger charge is -2.08. The molecule has 18 heavy (non-hydrogen) atoms. The number of nitrogens with one attached hydrogen (secondary N) is 2. The van der Waals surface area contributed by atoms with E-state index < -0.39 is 0 Å². The van der Waals surface area contributed by atoms with Crippen molar-refractivity contribution in [3.8, 4) is 0 Å². The molecule has 1 aromatic heterocycles. The normalized spacial score (nSPS) is 10.3. The van der Waals surface area contributed by atoms with Gasteiger partial charge in [-0.25, -0.2) is 4.79 Å². The lowest BCUT2D eigenvalue weighted by atomic mass is 10.2. The highest BCUT2D eigenvalue weighted by atomic mass is 16.2. The largest absolute Gasteiger partial charge is 0.383 e. The van der Waals surface area contributed by atoms with Crippen LogP contribution in [-0.4, -0.2) is 16.1 Å². The zero-order valence-corrected chi connectivity index (χ0v) is 10.1. The molecule has 1 heterocycles. The highest BCUT2D eigenvalue weighted by molar-refractivity contribution is 5.45. The monoisotopic (exact) mass is 245 g/mol. The van der Waals surface area contributed by atoms with Crippen LogP contribution in [0.3, 0.4) is 0 Å². The zero-order chi connectivity index (χ0) is 13.0. The molecule has 0 saturated carbocycles. The van der Waals surface area contributed by atoms with Crippen LogP contribution in [0.5, 0.6) is 0 Å². The van der Waals surface area contributed by atoms with E-state index in [9.17, 15) is 9.59 Å². The number of hydrogen-bond donors (Lipinski definition) is 2. The molecule has 0 atom stereocenters. The van der Waals surface area contributed by atoms with Gasteiger partial charge < -0.3 is 5.32 Å². The minimum absolute atomic E-state index is 0.372. The Bertz CT molecular complexity index is 643. The summed E-state index contributed by atoms with van der Waals surface area (Å²) in [4.78, 5) is 24.5. The Morgan fingerprint density at radius 1 is 1.28 bits per heavy atom. The standard InChI is InChI=1S/C13H15N3O2/c1-10-3-2-4-11(9-10)14-6-8-16-7-5-12(17)15-13(16)18/h2-5,7,9,14H,6,8H2,1H3,(H,15,17,18). The van der Waals surface area contributed by atoms with E-state index in [-0.39, 0.29) is 11.2 Å². The van der Waals surface area contributed by atoms with E-state index in [1.807, 2.05) is 31.2 Å². The average Bonchev–Trinajstić information content (AvgIpc) is 2.32. The van der Waals surface area contributed by atoms with Crippen molar-refractivity contribution < 1.29 is 0 Å². The Morgan fingerprint density at radius 3 is 2.83 bits per heavy atom. The van der Waals surface area contributed by atoms with Gasteiger partial charge in [0.05, 0.1) is 0 Å². The van der Waals surface area contributed by atoms with Gasteiger partial charge in [-0.15, -0.1) is 0 Å². The van der Waals surface area contributed by atoms with E-state index in [0.29, 0.717) is 13.1 Å². The number of H-pyrrole nitrogens is 1. The molecular weight excluding hydrogens is 230 g/mol. The second kappa shape index (κ2) is 5.35. The van der Waals surface area contributed by atoms with E-state index in [2.05, 4.69) is 10.3 Å². The van der Waals surface area contributed by atoms with Crippen LogP contribution in [0.15, 0.2) is 46.1 Å². The number of anilines is 1. The molecule has 0 radical (unpaired) electrons. The van der Waals surface area contributed by atoms with E-state index in [1.54, 1.807) is 0 Å². The van der Waals surface area contributed by atoms with Crippen LogP contribution >= 0.6 is 0 Å². The van der Waals surface area contributed by atoms with Crippen molar-refractivity contribution in [3.05, 3.63) is 62.9 Å². The Kier molecular flexibility index (Phi) is 3.62. The number of benzene rings is 1. The van der Waals surface area contributed by atoms with Crippen LogP contribution in [-0.2, 0) is 6.54 Å². The van der Waals surface area contributed by atoms with Crippen molar-refractivity contribution >= 4 is 5.69 Å². The third kappa shape index (κ3) is 3.10. The Morgan fingerprint density at radius 2 is 2.11 bits per heavy atom. The van der Waals surface area contributed by atoms with Gasteiger partial charge in [0.25, 0.3) is 5.56 Å². The molecule has 0 amide bonds. The van der Waals surface area contributed by atoms with Gasteiger partial charge in [0, 0.05) is 31.0 Å². The summed E-state index contributed by atoms with van der Waals surface area (Å²) in [6.07, 6.45) is 1.50. The van der Waals surface area contributed by atoms with Crippen LogP contribution < -0.4 is 16.6 Å². The molecule has 0 fully saturated rings. The lowest BCUT2D eigenvalue weighted by Crippen LogP contribution is -2.30. The summed E-state index contributed by atoms with van der Waals surface area (Å²) in [7, 11) is 0. The predicted octanol–water partition coefficient (Wildman–Crippen LogP) is 0.957. The molecule has 1 aromatic carbocycles. The maximum Gasteiger partial charge on any atom is 0.328 e. The molecule has 0 aliphatic heterocycles. The molecule has 0 bridgehead atoms. The summed E-state index contributed by atoms with van der Waals surface area (Å²) >= 11 is 0. The topological polar surface area (TPSA) is 66.9 Å². The van der Waals surface area contributed by atoms with Gasteiger partial charge in [0.15, 0.2) is 0 Å². The molecular formula is C13H15N3O2. The number of aromatic nitrogens is 2. The molecule has 0 spiro atoms. The number of aromatic amines is 1. The summed E-state index contributed by atoms with van der Waals surface area (Å²) in [6, 6.07) is 9.35. The Labute approximate surface area is 104 Å². The van der Waals surface area contributed by atoms with Gasteiger partial charge in [0.2, 0.25) is 0 Å². The van der Waals surface area contributed by atoms with E-state index in [4.69, 9.17) is 0 Å². The average molecular weight is 245 g/mol.